The summed E-state index contributed by atoms with van der Waals surface area (Å²) in [5.74, 6) is -0.987. The van der Waals surface area contributed by atoms with Crippen LogP contribution >= 0.6 is 11.3 Å². The molecule has 0 aromatic carbocycles. The molecule has 20 heavy (non-hydrogen) atoms. The normalized spacial score (nSPS) is 15.7. The molecule has 9 heteroatoms. The fraction of sp³-hybridized carbons (Fsp3) is 0.727. The second kappa shape index (κ2) is 5.65. The van der Waals surface area contributed by atoms with Gasteiger partial charge in [0.1, 0.15) is 5.01 Å². The Balaban J connectivity index is 2.13. The first-order valence-corrected chi connectivity index (χ1v) is 7.15. The quantitative estimate of drug-likeness (QED) is 0.922. The van der Waals surface area contributed by atoms with Crippen LogP contribution in [0, 0.1) is 0 Å². The molecule has 112 valence electrons. The highest BCUT2D eigenvalue weighted by molar-refractivity contribution is 7.16. The van der Waals surface area contributed by atoms with Crippen molar-refractivity contribution in [3.05, 3.63) is 10.8 Å². The van der Waals surface area contributed by atoms with Gasteiger partial charge in [-0.2, -0.15) is 22.8 Å². The molecule has 2 rings (SSSR count). The maximum absolute atomic E-state index is 12.7. The van der Waals surface area contributed by atoms with Crippen LogP contribution in [0.1, 0.15) is 49.9 Å². The molecule has 0 saturated carbocycles. The molecule has 5 nitrogen and oxygen atoms in total. The van der Waals surface area contributed by atoms with Crippen molar-refractivity contribution in [3.8, 4) is 0 Å². The van der Waals surface area contributed by atoms with Crippen molar-refractivity contribution in [2.45, 2.75) is 51.2 Å². The molecule has 0 saturated heterocycles. The van der Waals surface area contributed by atoms with E-state index in [0.717, 1.165) is 35.1 Å². The smallest absolute Gasteiger partial charge is 0.328 e. The number of alkyl halides is 3. The van der Waals surface area contributed by atoms with E-state index in [2.05, 4.69) is 15.3 Å². The Hall–Kier alpha value is -1.22. The number of fused-ring (bicyclic) bond motifs is 1. The molecule has 2 heterocycles. The summed E-state index contributed by atoms with van der Waals surface area (Å²) < 4.78 is 38.8. The molecule has 2 atom stereocenters. The predicted molar refractivity (Wildman–Crippen MR) is 69.6 cm³/mol. The lowest BCUT2D eigenvalue weighted by atomic mass is 10.0. The standard InChI is InChI=1S/C11H16F3N5S/c1-6(4-3-5-7(2)15)8-18-19-9(11(12,13)14)16-17-10(19)20-8/h6-7H,3-5,15H2,1-2H3. The van der Waals surface area contributed by atoms with Gasteiger partial charge in [-0.15, -0.1) is 10.2 Å². The van der Waals surface area contributed by atoms with E-state index in [4.69, 9.17) is 5.73 Å². The van der Waals surface area contributed by atoms with E-state index in [-0.39, 0.29) is 16.9 Å². The van der Waals surface area contributed by atoms with Gasteiger partial charge in [-0.3, -0.25) is 0 Å². The zero-order valence-corrected chi connectivity index (χ0v) is 12.0. The van der Waals surface area contributed by atoms with E-state index < -0.39 is 12.0 Å². The largest absolute Gasteiger partial charge is 0.453 e. The second-order valence-electron chi connectivity index (χ2n) is 4.97. The Morgan fingerprint density at radius 1 is 1.25 bits per heavy atom. The van der Waals surface area contributed by atoms with Gasteiger partial charge < -0.3 is 5.73 Å². The van der Waals surface area contributed by atoms with Crippen molar-refractivity contribution >= 4 is 16.3 Å². The molecule has 0 amide bonds. The summed E-state index contributed by atoms with van der Waals surface area (Å²) in [7, 11) is 0. The first kappa shape index (κ1) is 15.2. The zero-order valence-electron chi connectivity index (χ0n) is 11.2. The molecule has 2 aromatic heterocycles. The first-order chi connectivity index (χ1) is 9.29. The predicted octanol–water partition coefficient (Wildman–Crippen LogP) is 2.83. The topological polar surface area (TPSA) is 69.1 Å². The summed E-state index contributed by atoms with van der Waals surface area (Å²) in [6.45, 7) is 3.88. The summed E-state index contributed by atoms with van der Waals surface area (Å²) in [4.78, 5) is 0.173. The lowest BCUT2D eigenvalue weighted by molar-refractivity contribution is -0.146. The van der Waals surface area contributed by atoms with Crippen molar-refractivity contribution in [1.82, 2.24) is 19.8 Å². The SMILES string of the molecule is CC(N)CCCC(C)c1nn2c(C(F)(F)F)nnc2s1. The summed E-state index contributed by atoms with van der Waals surface area (Å²) in [6, 6.07) is 0.136. The number of hydrogen-bond donors (Lipinski definition) is 1. The molecule has 0 aliphatic rings. The van der Waals surface area contributed by atoms with Crippen LogP contribution in [0.4, 0.5) is 13.2 Å². The van der Waals surface area contributed by atoms with E-state index >= 15 is 0 Å². The molecule has 0 aliphatic carbocycles. The summed E-state index contributed by atoms with van der Waals surface area (Å²) in [5, 5.41) is 11.3. The van der Waals surface area contributed by atoms with Gasteiger partial charge in [0, 0.05) is 12.0 Å². The molecule has 0 radical (unpaired) electrons. The number of nitrogens with zero attached hydrogens (tertiary/aromatic N) is 4. The summed E-state index contributed by atoms with van der Waals surface area (Å²) in [5.41, 5.74) is 5.67. The average Bonchev–Trinajstić information content (AvgIpc) is 2.84. The van der Waals surface area contributed by atoms with Crippen molar-refractivity contribution in [1.29, 1.82) is 0 Å². The number of rotatable bonds is 5. The molecule has 0 fully saturated rings. The Morgan fingerprint density at radius 2 is 1.95 bits per heavy atom. The molecule has 0 bridgehead atoms. The van der Waals surface area contributed by atoms with Crippen molar-refractivity contribution in [2.75, 3.05) is 0 Å². The average molecular weight is 307 g/mol. The van der Waals surface area contributed by atoms with Gasteiger partial charge in [-0.25, -0.2) is 0 Å². The van der Waals surface area contributed by atoms with Crippen LogP contribution in [-0.4, -0.2) is 25.9 Å². The molecular weight excluding hydrogens is 291 g/mol. The highest BCUT2D eigenvalue weighted by Gasteiger charge is 2.38. The summed E-state index contributed by atoms with van der Waals surface area (Å²) >= 11 is 1.15. The van der Waals surface area contributed by atoms with E-state index in [1.165, 1.54) is 0 Å². The van der Waals surface area contributed by atoms with Gasteiger partial charge in [0.05, 0.1) is 0 Å². The third kappa shape index (κ3) is 3.26. The van der Waals surface area contributed by atoms with Crippen LogP contribution in [0.15, 0.2) is 0 Å². The number of aromatic nitrogens is 4. The number of halogens is 3. The first-order valence-electron chi connectivity index (χ1n) is 6.34. The zero-order chi connectivity index (χ0) is 14.9. The van der Waals surface area contributed by atoms with Crippen LogP contribution in [0.2, 0.25) is 0 Å². The van der Waals surface area contributed by atoms with Gasteiger partial charge in [0.25, 0.3) is 5.82 Å². The molecule has 2 unspecified atom stereocenters. The fourth-order valence-corrected chi connectivity index (χ4v) is 2.80. The van der Waals surface area contributed by atoms with E-state index in [1.54, 1.807) is 0 Å². The van der Waals surface area contributed by atoms with Crippen LogP contribution in [0.25, 0.3) is 4.96 Å². The highest BCUT2D eigenvalue weighted by atomic mass is 32.1. The van der Waals surface area contributed by atoms with Crippen LogP contribution in [-0.2, 0) is 6.18 Å². The van der Waals surface area contributed by atoms with Gasteiger partial charge in [0.2, 0.25) is 4.96 Å². The lowest BCUT2D eigenvalue weighted by Gasteiger charge is -2.08. The molecule has 0 spiro atoms. The van der Waals surface area contributed by atoms with E-state index in [1.807, 2.05) is 13.8 Å². The van der Waals surface area contributed by atoms with Crippen molar-refractivity contribution in [3.63, 3.8) is 0 Å². The van der Waals surface area contributed by atoms with Gasteiger partial charge in [0.15, 0.2) is 0 Å². The number of nitrogens with two attached hydrogens (primary N) is 1. The monoisotopic (exact) mass is 307 g/mol. The van der Waals surface area contributed by atoms with Gasteiger partial charge in [-0.1, -0.05) is 24.7 Å². The summed E-state index contributed by atoms with van der Waals surface area (Å²) in [6.07, 6.45) is -1.89. The van der Waals surface area contributed by atoms with E-state index in [0.29, 0.717) is 5.01 Å². The molecule has 2 N–H and O–H groups in total. The minimum Gasteiger partial charge on any atom is -0.328 e. The van der Waals surface area contributed by atoms with Crippen molar-refractivity contribution in [2.24, 2.45) is 5.73 Å². The lowest BCUT2D eigenvalue weighted by Crippen LogP contribution is -2.14. The third-order valence-electron chi connectivity index (χ3n) is 2.98. The van der Waals surface area contributed by atoms with Crippen LogP contribution in [0.3, 0.4) is 0 Å². The molecule has 2 aromatic rings. The van der Waals surface area contributed by atoms with Gasteiger partial charge in [-0.05, 0) is 19.8 Å². The van der Waals surface area contributed by atoms with Crippen LogP contribution in [0.5, 0.6) is 0 Å². The van der Waals surface area contributed by atoms with E-state index in [9.17, 15) is 13.2 Å². The Kier molecular flexibility index (Phi) is 4.28. The molecular formula is C11H16F3N5S. The fourth-order valence-electron chi connectivity index (χ4n) is 1.88. The van der Waals surface area contributed by atoms with Gasteiger partial charge >= 0.3 is 6.18 Å². The maximum Gasteiger partial charge on any atom is 0.453 e. The number of hydrogen-bond acceptors (Lipinski definition) is 5. The molecule has 0 aliphatic heterocycles. The van der Waals surface area contributed by atoms with Crippen LogP contribution < -0.4 is 5.73 Å². The Morgan fingerprint density at radius 3 is 2.55 bits per heavy atom. The minimum absolute atomic E-state index is 0.0848. The minimum atomic E-state index is -4.54. The maximum atomic E-state index is 12.7. The highest BCUT2D eigenvalue weighted by Crippen LogP contribution is 2.31. The Bertz CT molecular complexity index is 574. The van der Waals surface area contributed by atoms with Crippen molar-refractivity contribution < 1.29 is 13.2 Å². The third-order valence-corrected chi connectivity index (χ3v) is 4.11. The Labute approximate surface area is 118 Å². The second-order valence-corrected chi connectivity index (χ2v) is 5.95.